The average Bonchev–Trinajstić information content (AvgIpc) is 3.23. The van der Waals surface area contributed by atoms with Crippen LogP contribution in [-0.2, 0) is 27.5 Å². The smallest absolute Gasteiger partial charge is 0.358 e. The van der Waals surface area contributed by atoms with E-state index >= 15 is 0 Å². The Labute approximate surface area is 230 Å². The Balaban J connectivity index is 1.35. The van der Waals surface area contributed by atoms with Gasteiger partial charge in [0, 0.05) is 17.5 Å². The van der Waals surface area contributed by atoms with Crippen molar-refractivity contribution in [2.24, 2.45) is 10.4 Å². The van der Waals surface area contributed by atoms with Gasteiger partial charge in [-0.05, 0) is 68.1 Å². The molecule has 0 saturated heterocycles. The normalized spacial score (nSPS) is 27.5. The summed E-state index contributed by atoms with van der Waals surface area (Å²) in [6.07, 6.45) is -8.33. The standard InChI is InChI=1S/C26H25F7N4O3S/c1-22(21(38)35-15-25(28,29)30)14-34-20(36-22)23-11-24(12-23,13-23)37(41(39,40)19-8-6-18(27)7-9-19)10-16-2-4-17(5-3-16)26(31,32)33/h2-9H,10-15H2,1H3,(H,34,36)(H,35,38)/t22-,23?,24?/m1/s1. The molecule has 2 aromatic rings. The van der Waals surface area contributed by atoms with Gasteiger partial charge in [-0.2, -0.15) is 30.6 Å². The van der Waals surface area contributed by atoms with E-state index < -0.39 is 62.7 Å². The Hall–Kier alpha value is -3.20. The predicted molar refractivity (Wildman–Crippen MR) is 132 cm³/mol. The molecule has 1 amide bonds. The number of hydrogen-bond donors (Lipinski definition) is 2. The van der Waals surface area contributed by atoms with E-state index in [1.807, 2.05) is 5.32 Å². The highest BCUT2D eigenvalue weighted by Crippen LogP contribution is 2.71. The van der Waals surface area contributed by atoms with Gasteiger partial charge in [-0.1, -0.05) is 12.1 Å². The molecule has 0 aromatic heterocycles. The molecular weight excluding hydrogens is 581 g/mol. The summed E-state index contributed by atoms with van der Waals surface area (Å²) in [5.74, 6) is -1.12. The van der Waals surface area contributed by atoms with Crippen LogP contribution in [0.15, 0.2) is 58.4 Å². The van der Waals surface area contributed by atoms with Crippen molar-refractivity contribution in [1.82, 2.24) is 14.9 Å². The summed E-state index contributed by atoms with van der Waals surface area (Å²) in [6, 6.07) is 8.34. The summed E-state index contributed by atoms with van der Waals surface area (Å²) in [5.41, 5.74) is -3.53. The molecule has 3 fully saturated rings. The Morgan fingerprint density at radius 2 is 1.59 bits per heavy atom. The number of benzene rings is 2. The Morgan fingerprint density at radius 1 is 1.00 bits per heavy atom. The highest BCUT2D eigenvalue weighted by Gasteiger charge is 2.75. The van der Waals surface area contributed by atoms with E-state index in [1.165, 1.54) is 23.4 Å². The molecule has 0 spiro atoms. The molecule has 3 saturated carbocycles. The van der Waals surface area contributed by atoms with Gasteiger partial charge >= 0.3 is 12.4 Å². The van der Waals surface area contributed by atoms with Crippen molar-refractivity contribution in [2.45, 2.75) is 61.1 Å². The van der Waals surface area contributed by atoms with Crippen molar-refractivity contribution in [1.29, 1.82) is 0 Å². The fraction of sp³-hybridized carbons (Fsp3) is 0.462. The summed E-state index contributed by atoms with van der Waals surface area (Å²) in [4.78, 5) is 16.6. The number of carbonyl (C=O) groups excluding carboxylic acids is 1. The van der Waals surface area contributed by atoms with Gasteiger partial charge in [0.25, 0.3) is 0 Å². The van der Waals surface area contributed by atoms with Gasteiger partial charge in [0.2, 0.25) is 15.9 Å². The third-order valence-corrected chi connectivity index (χ3v) is 9.91. The first-order valence-corrected chi connectivity index (χ1v) is 13.9. The lowest BCUT2D eigenvalue weighted by Gasteiger charge is -2.73. The number of amides is 1. The number of sulfonamides is 1. The fourth-order valence-electron chi connectivity index (χ4n) is 5.84. The van der Waals surface area contributed by atoms with Gasteiger partial charge < -0.3 is 10.6 Å². The number of hydrogen-bond acceptors (Lipinski definition) is 5. The van der Waals surface area contributed by atoms with Gasteiger partial charge in [-0.15, -0.1) is 0 Å². The topological polar surface area (TPSA) is 90.9 Å². The van der Waals surface area contributed by atoms with Crippen LogP contribution < -0.4 is 10.6 Å². The Bertz CT molecular complexity index is 1470. The van der Waals surface area contributed by atoms with Crippen molar-refractivity contribution in [3.63, 3.8) is 0 Å². The molecule has 2 bridgehead atoms. The van der Waals surface area contributed by atoms with Gasteiger partial charge in [-0.3, -0.25) is 9.79 Å². The molecule has 0 unspecified atom stereocenters. The molecule has 41 heavy (non-hydrogen) atoms. The van der Waals surface area contributed by atoms with Crippen LogP contribution in [0, 0.1) is 11.2 Å². The lowest BCUT2D eigenvalue weighted by atomic mass is 9.38. The minimum absolute atomic E-state index is 0.107. The van der Waals surface area contributed by atoms with Crippen molar-refractivity contribution in [2.75, 3.05) is 13.1 Å². The second-order valence-corrected chi connectivity index (χ2v) is 13.0. The molecule has 0 radical (unpaired) electrons. The quantitative estimate of drug-likeness (QED) is 0.436. The minimum Gasteiger partial charge on any atom is -0.358 e. The summed E-state index contributed by atoms with van der Waals surface area (Å²) in [7, 11) is -4.23. The van der Waals surface area contributed by atoms with Crippen LogP contribution in [0.5, 0.6) is 0 Å². The zero-order valence-electron chi connectivity index (χ0n) is 21.5. The van der Waals surface area contributed by atoms with Crippen LogP contribution in [0.2, 0.25) is 0 Å². The molecule has 222 valence electrons. The lowest BCUT2D eigenvalue weighted by molar-refractivity contribution is -0.151. The number of aliphatic imine (C=N–C) groups is 1. The third-order valence-electron chi connectivity index (χ3n) is 7.94. The van der Waals surface area contributed by atoms with E-state index in [-0.39, 0.29) is 37.2 Å². The molecule has 1 aliphatic heterocycles. The van der Waals surface area contributed by atoms with Gasteiger partial charge in [-0.25, -0.2) is 12.8 Å². The van der Waals surface area contributed by atoms with E-state index in [0.29, 0.717) is 11.4 Å². The van der Waals surface area contributed by atoms with E-state index in [2.05, 4.69) is 10.3 Å². The highest BCUT2D eigenvalue weighted by atomic mass is 32.2. The number of amidine groups is 1. The van der Waals surface area contributed by atoms with Crippen LogP contribution in [0.3, 0.4) is 0 Å². The monoisotopic (exact) mass is 606 g/mol. The zero-order valence-corrected chi connectivity index (χ0v) is 22.4. The largest absolute Gasteiger partial charge is 0.416 e. The number of nitrogens with one attached hydrogen (secondary N) is 2. The maximum absolute atomic E-state index is 13.7. The van der Waals surface area contributed by atoms with Crippen molar-refractivity contribution in [3.8, 4) is 0 Å². The maximum atomic E-state index is 13.7. The molecular formula is C26H25F7N4O3S. The number of rotatable bonds is 8. The summed E-state index contributed by atoms with van der Waals surface area (Å²) in [6.45, 7) is -0.422. The molecule has 1 atom stereocenters. The maximum Gasteiger partial charge on any atom is 0.416 e. The SMILES string of the molecule is C[C@]1(C(=O)NCC(F)(F)F)CN=C(C23CC(N(Cc4ccc(C(F)(F)F)cc4)S(=O)(=O)c4ccc(F)cc4)(C2)C3)N1. The molecule has 3 aliphatic carbocycles. The van der Waals surface area contributed by atoms with E-state index in [1.54, 1.807) is 0 Å². The van der Waals surface area contributed by atoms with Crippen LogP contribution >= 0.6 is 0 Å². The highest BCUT2D eigenvalue weighted by molar-refractivity contribution is 7.89. The lowest BCUT2D eigenvalue weighted by Crippen LogP contribution is -2.79. The van der Waals surface area contributed by atoms with Crippen molar-refractivity contribution < 1.29 is 43.9 Å². The molecule has 2 N–H and O–H groups in total. The summed E-state index contributed by atoms with van der Waals surface area (Å²) < 4.78 is 119. The molecule has 7 nitrogen and oxygen atoms in total. The molecule has 1 heterocycles. The summed E-state index contributed by atoms with van der Waals surface area (Å²) in [5, 5.41) is 4.79. The second kappa shape index (κ2) is 9.41. The van der Waals surface area contributed by atoms with Crippen LogP contribution in [0.25, 0.3) is 0 Å². The average molecular weight is 607 g/mol. The van der Waals surface area contributed by atoms with Crippen LogP contribution in [-0.4, -0.2) is 54.8 Å². The molecule has 6 rings (SSSR count). The van der Waals surface area contributed by atoms with E-state index in [0.717, 1.165) is 36.4 Å². The summed E-state index contributed by atoms with van der Waals surface area (Å²) >= 11 is 0. The molecule has 15 heteroatoms. The predicted octanol–water partition coefficient (Wildman–Crippen LogP) is 4.40. The number of nitrogens with zero attached hydrogens (tertiary/aromatic N) is 2. The third kappa shape index (κ3) is 5.29. The van der Waals surface area contributed by atoms with Gasteiger partial charge in [0.15, 0.2) is 0 Å². The van der Waals surface area contributed by atoms with Crippen molar-refractivity contribution >= 4 is 21.8 Å². The van der Waals surface area contributed by atoms with Gasteiger partial charge in [0.1, 0.15) is 23.7 Å². The first-order valence-electron chi connectivity index (χ1n) is 12.5. The van der Waals surface area contributed by atoms with Gasteiger partial charge in [0.05, 0.1) is 17.0 Å². The fourth-order valence-corrected chi connectivity index (χ4v) is 7.60. The number of halogens is 7. The van der Waals surface area contributed by atoms with Crippen molar-refractivity contribution in [3.05, 3.63) is 65.5 Å². The first kappa shape index (κ1) is 29.3. The second-order valence-electron chi connectivity index (χ2n) is 11.1. The van der Waals surface area contributed by atoms with E-state index in [9.17, 15) is 43.9 Å². The Kier molecular flexibility index (Phi) is 6.72. The van der Waals surface area contributed by atoms with Crippen LogP contribution in [0.1, 0.15) is 37.3 Å². The molecule has 2 aromatic carbocycles. The van der Waals surface area contributed by atoms with Crippen LogP contribution in [0.4, 0.5) is 30.7 Å². The minimum atomic E-state index is -4.58. The first-order chi connectivity index (χ1) is 18.9. The Morgan fingerprint density at radius 3 is 2.12 bits per heavy atom. The zero-order chi connectivity index (χ0) is 30.1. The number of alkyl halides is 6. The molecule has 4 aliphatic rings. The van der Waals surface area contributed by atoms with E-state index in [4.69, 9.17) is 0 Å². The number of carbonyl (C=O) groups is 1.